The summed E-state index contributed by atoms with van der Waals surface area (Å²) < 4.78 is 0. The van der Waals surface area contributed by atoms with Gasteiger partial charge >= 0.3 is 7.12 Å². The number of likely N-dealkylation sites (N-methyl/N-ethyl adjacent to an activating group) is 1. The van der Waals surface area contributed by atoms with Gasteiger partial charge in [-0.05, 0) is 31.7 Å². The minimum Gasteiger partial charge on any atom is -0.423 e. The van der Waals surface area contributed by atoms with Gasteiger partial charge < -0.3 is 20.3 Å². The Hall–Kier alpha value is -1.37. The quantitative estimate of drug-likeness (QED) is 0.553. The minimum absolute atomic E-state index is 0.214. The molecule has 0 radical (unpaired) electrons. The fourth-order valence-electron chi connectivity index (χ4n) is 1.34. The van der Waals surface area contributed by atoms with Crippen LogP contribution in [0.25, 0.3) is 0 Å². The zero-order valence-electron chi connectivity index (χ0n) is 10.1. The van der Waals surface area contributed by atoms with Crippen molar-refractivity contribution in [1.29, 1.82) is 0 Å². The Morgan fingerprint density at radius 2 is 2.12 bits per heavy atom. The standard InChI is InChI=1S/C11H17BN2O3/c1-14(2)7-6-13-11(15)9-4-3-5-10(8-9)12(16)17/h3-5,8,16-17H,6-7H2,1-2H3,(H,13,15). The highest BCUT2D eigenvalue weighted by Crippen LogP contribution is 1.97. The molecular formula is C11H17BN2O3. The summed E-state index contributed by atoms with van der Waals surface area (Å²) in [6.45, 7) is 1.31. The van der Waals surface area contributed by atoms with Gasteiger partial charge in [-0.2, -0.15) is 0 Å². The summed E-state index contributed by atoms with van der Waals surface area (Å²) in [7, 11) is 2.30. The van der Waals surface area contributed by atoms with Crippen LogP contribution in [0.15, 0.2) is 24.3 Å². The molecule has 0 spiro atoms. The first-order chi connectivity index (χ1) is 8.00. The first kappa shape index (κ1) is 13.7. The van der Waals surface area contributed by atoms with Crippen LogP contribution in [0.2, 0.25) is 0 Å². The SMILES string of the molecule is CN(C)CCNC(=O)c1cccc(B(O)O)c1. The topological polar surface area (TPSA) is 72.8 Å². The molecule has 1 aromatic carbocycles. The van der Waals surface area contributed by atoms with Crippen LogP contribution in [0, 0.1) is 0 Å². The van der Waals surface area contributed by atoms with Crippen molar-refractivity contribution in [3.63, 3.8) is 0 Å². The van der Waals surface area contributed by atoms with E-state index >= 15 is 0 Å². The zero-order chi connectivity index (χ0) is 12.8. The Balaban J connectivity index is 2.59. The summed E-state index contributed by atoms with van der Waals surface area (Å²) in [5.74, 6) is -0.214. The number of carbonyl (C=O) groups is 1. The number of carbonyl (C=O) groups excluding carboxylic acids is 1. The molecule has 1 aromatic rings. The lowest BCUT2D eigenvalue weighted by atomic mass is 9.79. The second-order valence-electron chi connectivity index (χ2n) is 4.06. The molecular weight excluding hydrogens is 219 g/mol. The molecule has 6 heteroatoms. The lowest BCUT2D eigenvalue weighted by Gasteiger charge is -2.10. The number of hydrogen-bond donors (Lipinski definition) is 3. The van der Waals surface area contributed by atoms with Crippen LogP contribution < -0.4 is 10.8 Å². The average molecular weight is 236 g/mol. The van der Waals surface area contributed by atoms with Crippen LogP contribution in [0.5, 0.6) is 0 Å². The molecule has 0 bridgehead atoms. The van der Waals surface area contributed by atoms with E-state index in [-0.39, 0.29) is 5.91 Å². The third-order valence-corrected chi connectivity index (χ3v) is 2.29. The Kier molecular flexibility index (Phi) is 5.15. The van der Waals surface area contributed by atoms with Crippen LogP contribution in [0.3, 0.4) is 0 Å². The van der Waals surface area contributed by atoms with Crippen molar-refractivity contribution in [3.8, 4) is 0 Å². The highest BCUT2D eigenvalue weighted by atomic mass is 16.4. The maximum atomic E-state index is 11.7. The summed E-state index contributed by atoms with van der Waals surface area (Å²) in [6.07, 6.45) is 0. The van der Waals surface area contributed by atoms with Gasteiger partial charge in [-0.25, -0.2) is 0 Å². The van der Waals surface area contributed by atoms with Crippen molar-refractivity contribution in [2.75, 3.05) is 27.2 Å². The van der Waals surface area contributed by atoms with Crippen LogP contribution in [-0.2, 0) is 0 Å². The molecule has 0 aliphatic heterocycles. The Labute approximate surface area is 101 Å². The van der Waals surface area contributed by atoms with Crippen LogP contribution in [-0.4, -0.2) is 55.2 Å². The van der Waals surface area contributed by atoms with Gasteiger partial charge in [0.25, 0.3) is 5.91 Å². The summed E-state index contributed by atoms with van der Waals surface area (Å²) in [5, 5.41) is 20.7. The highest BCUT2D eigenvalue weighted by Gasteiger charge is 2.13. The summed E-state index contributed by atoms with van der Waals surface area (Å²) in [4.78, 5) is 13.7. The molecule has 92 valence electrons. The van der Waals surface area contributed by atoms with Crippen molar-refractivity contribution in [3.05, 3.63) is 29.8 Å². The van der Waals surface area contributed by atoms with Crippen molar-refractivity contribution in [2.24, 2.45) is 0 Å². The molecule has 3 N–H and O–H groups in total. The molecule has 5 nitrogen and oxygen atoms in total. The second-order valence-corrected chi connectivity index (χ2v) is 4.06. The number of nitrogens with zero attached hydrogens (tertiary/aromatic N) is 1. The number of hydrogen-bond acceptors (Lipinski definition) is 4. The predicted molar refractivity (Wildman–Crippen MR) is 67.2 cm³/mol. The van der Waals surface area contributed by atoms with E-state index in [0.29, 0.717) is 17.6 Å². The molecule has 0 aliphatic rings. The second kappa shape index (κ2) is 6.39. The van der Waals surface area contributed by atoms with E-state index < -0.39 is 7.12 Å². The zero-order valence-corrected chi connectivity index (χ0v) is 10.1. The molecule has 0 atom stereocenters. The molecule has 0 saturated carbocycles. The largest absolute Gasteiger partial charge is 0.488 e. The molecule has 0 aliphatic carbocycles. The van der Waals surface area contributed by atoms with Gasteiger partial charge in [0.1, 0.15) is 0 Å². The summed E-state index contributed by atoms with van der Waals surface area (Å²) in [5.41, 5.74) is 0.736. The molecule has 1 amide bonds. The van der Waals surface area contributed by atoms with Crippen LogP contribution in [0.4, 0.5) is 0 Å². The van der Waals surface area contributed by atoms with E-state index in [1.54, 1.807) is 18.2 Å². The number of benzene rings is 1. The Bertz CT molecular complexity index is 383. The fraction of sp³-hybridized carbons (Fsp3) is 0.364. The first-order valence-corrected chi connectivity index (χ1v) is 5.39. The van der Waals surface area contributed by atoms with E-state index in [9.17, 15) is 4.79 Å². The molecule has 0 unspecified atom stereocenters. The monoisotopic (exact) mass is 236 g/mol. The molecule has 1 rings (SSSR count). The van der Waals surface area contributed by atoms with E-state index in [1.165, 1.54) is 6.07 Å². The van der Waals surface area contributed by atoms with Gasteiger partial charge in [-0.1, -0.05) is 12.1 Å². The van der Waals surface area contributed by atoms with Crippen LogP contribution in [0.1, 0.15) is 10.4 Å². The summed E-state index contributed by atoms with van der Waals surface area (Å²) in [6, 6.07) is 6.28. The van der Waals surface area contributed by atoms with E-state index in [1.807, 2.05) is 19.0 Å². The average Bonchev–Trinajstić information content (AvgIpc) is 2.28. The smallest absolute Gasteiger partial charge is 0.423 e. The number of amides is 1. The van der Waals surface area contributed by atoms with E-state index in [2.05, 4.69) is 5.32 Å². The Morgan fingerprint density at radius 1 is 1.41 bits per heavy atom. The first-order valence-electron chi connectivity index (χ1n) is 5.39. The highest BCUT2D eigenvalue weighted by molar-refractivity contribution is 6.58. The maximum Gasteiger partial charge on any atom is 0.488 e. The molecule has 0 heterocycles. The van der Waals surface area contributed by atoms with E-state index in [0.717, 1.165) is 6.54 Å². The number of nitrogens with one attached hydrogen (secondary N) is 1. The third kappa shape index (κ3) is 4.56. The van der Waals surface area contributed by atoms with Gasteiger partial charge in [-0.3, -0.25) is 4.79 Å². The molecule has 0 saturated heterocycles. The minimum atomic E-state index is -1.55. The third-order valence-electron chi connectivity index (χ3n) is 2.29. The van der Waals surface area contributed by atoms with Crippen molar-refractivity contribution in [1.82, 2.24) is 10.2 Å². The molecule has 0 aromatic heterocycles. The lowest BCUT2D eigenvalue weighted by Crippen LogP contribution is -2.34. The lowest BCUT2D eigenvalue weighted by molar-refractivity contribution is 0.0951. The van der Waals surface area contributed by atoms with E-state index in [4.69, 9.17) is 10.0 Å². The summed E-state index contributed by atoms with van der Waals surface area (Å²) >= 11 is 0. The van der Waals surface area contributed by atoms with Gasteiger partial charge in [0.2, 0.25) is 0 Å². The van der Waals surface area contributed by atoms with Crippen LogP contribution >= 0.6 is 0 Å². The normalized spacial score (nSPS) is 10.4. The molecule has 17 heavy (non-hydrogen) atoms. The predicted octanol–water partition coefficient (Wildman–Crippen LogP) is -1.34. The van der Waals surface area contributed by atoms with Gasteiger partial charge in [0, 0.05) is 18.7 Å². The van der Waals surface area contributed by atoms with Crippen molar-refractivity contribution in [2.45, 2.75) is 0 Å². The number of rotatable bonds is 5. The van der Waals surface area contributed by atoms with Crippen molar-refractivity contribution < 1.29 is 14.8 Å². The van der Waals surface area contributed by atoms with Gasteiger partial charge in [0.05, 0.1) is 0 Å². The van der Waals surface area contributed by atoms with Crippen molar-refractivity contribution >= 4 is 18.5 Å². The maximum absolute atomic E-state index is 11.7. The molecule has 0 fully saturated rings. The Morgan fingerprint density at radius 3 is 2.71 bits per heavy atom. The fourth-order valence-corrected chi connectivity index (χ4v) is 1.34. The van der Waals surface area contributed by atoms with Gasteiger partial charge in [-0.15, -0.1) is 0 Å². The van der Waals surface area contributed by atoms with Gasteiger partial charge in [0.15, 0.2) is 0 Å².